The molecule has 2 aliphatic rings. The van der Waals surface area contributed by atoms with Crippen molar-refractivity contribution in [3.8, 4) is 34.4 Å². The van der Waals surface area contributed by atoms with Crippen molar-refractivity contribution in [2.45, 2.75) is 0 Å². The van der Waals surface area contributed by atoms with Gasteiger partial charge in [-0.3, -0.25) is 0 Å². The molecule has 0 bridgehead atoms. The van der Waals surface area contributed by atoms with Gasteiger partial charge >= 0.3 is 0 Å². The highest BCUT2D eigenvalue weighted by molar-refractivity contribution is 6.98. The second-order valence-electron chi connectivity index (χ2n) is 12.5. The van der Waals surface area contributed by atoms with E-state index in [0.29, 0.717) is 0 Å². The van der Waals surface area contributed by atoms with Gasteiger partial charge in [0.05, 0.1) is 22.1 Å². The number of nitrogens with zero attached hydrogens (tertiary/aromatic N) is 2. The molecule has 0 unspecified atom stereocenters. The number of benzene rings is 7. The molecule has 4 nitrogen and oxygen atoms in total. The number of ether oxygens (including phenoxy) is 2. The summed E-state index contributed by atoms with van der Waals surface area (Å²) in [7, 11) is 0. The Morgan fingerprint density at radius 1 is 0.404 bits per heavy atom. The van der Waals surface area contributed by atoms with Crippen molar-refractivity contribution >= 4 is 66.7 Å². The van der Waals surface area contributed by atoms with Crippen LogP contribution in [0.5, 0.6) is 23.0 Å². The molecule has 0 saturated carbocycles. The molecule has 47 heavy (non-hydrogen) atoms. The van der Waals surface area contributed by atoms with Gasteiger partial charge in [-0.25, -0.2) is 0 Å². The highest BCUT2D eigenvalue weighted by Gasteiger charge is 2.41. The first-order valence-corrected chi connectivity index (χ1v) is 16.1. The largest absolute Gasteiger partial charge is 0.458 e. The average Bonchev–Trinajstić information content (AvgIpc) is 3.64. The van der Waals surface area contributed by atoms with Crippen LogP contribution >= 0.6 is 0 Å². The number of para-hydroxylation sites is 4. The standard InChI is InChI=1S/C42H25BN2O2/c1-3-12-26(13-4-1)44-34-18-9-8-17-29(34)31-24-33-39(25-36(31)44)46-37-20-11-21-38-40(37)43(33)32-23-22-30-28-16-7-10-19-35(28)45(41(30)42(32)47-38)27-14-5-2-6-15-27/h1-25H. The summed E-state index contributed by atoms with van der Waals surface area (Å²) in [6, 6.07) is 53.8. The fraction of sp³-hybridized carbons (Fsp3) is 0. The molecule has 218 valence electrons. The molecule has 0 radical (unpaired) electrons. The number of hydrogen-bond acceptors (Lipinski definition) is 2. The Morgan fingerprint density at radius 3 is 1.77 bits per heavy atom. The van der Waals surface area contributed by atoms with Crippen LogP contribution in [0.25, 0.3) is 55.0 Å². The van der Waals surface area contributed by atoms with Gasteiger partial charge in [-0.05, 0) is 59.5 Å². The first-order valence-electron chi connectivity index (χ1n) is 16.1. The van der Waals surface area contributed by atoms with E-state index in [-0.39, 0.29) is 6.71 Å². The van der Waals surface area contributed by atoms with Gasteiger partial charge in [0.15, 0.2) is 0 Å². The number of fused-ring (bicyclic) bond motifs is 11. The molecule has 0 saturated heterocycles. The fourth-order valence-corrected chi connectivity index (χ4v) is 8.10. The molecule has 7 aromatic carbocycles. The van der Waals surface area contributed by atoms with E-state index in [1.165, 1.54) is 27.1 Å². The molecule has 2 aromatic heterocycles. The molecule has 11 rings (SSSR count). The molecule has 2 aliphatic heterocycles. The van der Waals surface area contributed by atoms with E-state index in [0.717, 1.165) is 67.3 Å². The Bertz CT molecular complexity index is 2740. The summed E-state index contributed by atoms with van der Waals surface area (Å²) in [5.41, 5.74) is 10.2. The lowest BCUT2D eigenvalue weighted by Crippen LogP contribution is -2.57. The third kappa shape index (κ3) is 3.32. The van der Waals surface area contributed by atoms with Gasteiger partial charge in [-0.2, -0.15) is 0 Å². The first kappa shape index (κ1) is 25.0. The zero-order valence-electron chi connectivity index (χ0n) is 25.2. The third-order valence-electron chi connectivity index (χ3n) is 10.0. The summed E-state index contributed by atoms with van der Waals surface area (Å²) < 4.78 is 18.4. The molecule has 0 amide bonds. The van der Waals surface area contributed by atoms with E-state index < -0.39 is 0 Å². The monoisotopic (exact) mass is 600 g/mol. The minimum atomic E-state index is -0.0522. The Balaban J connectivity index is 1.24. The second kappa shape index (κ2) is 9.18. The molecule has 0 fully saturated rings. The van der Waals surface area contributed by atoms with Crippen LogP contribution in [0, 0.1) is 0 Å². The van der Waals surface area contributed by atoms with Crippen molar-refractivity contribution < 1.29 is 9.47 Å². The maximum Gasteiger partial charge on any atom is 0.260 e. The molecule has 0 aliphatic carbocycles. The van der Waals surface area contributed by atoms with E-state index in [4.69, 9.17) is 9.47 Å². The van der Waals surface area contributed by atoms with Gasteiger partial charge in [0.1, 0.15) is 23.0 Å². The van der Waals surface area contributed by atoms with Crippen molar-refractivity contribution in [1.29, 1.82) is 0 Å². The van der Waals surface area contributed by atoms with E-state index in [1.54, 1.807) is 0 Å². The zero-order valence-corrected chi connectivity index (χ0v) is 25.2. The van der Waals surface area contributed by atoms with Gasteiger partial charge in [0.2, 0.25) is 0 Å². The summed E-state index contributed by atoms with van der Waals surface area (Å²) in [4.78, 5) is 0. The SMILES string of the molecule is c1ccc(-n2c3ccccc3c3cc4c(cc32)Oc2cccc3c2B4c2ccc4c5ccccc5n(-c5ccccc5)c4c2O3)cc1. The fourth-order valence-electron chi connectivity index (χ4n) is 8.10. The van der Waals surface area contributed by atoms with Crippen LogP contribution in [-0.2, 0) is 0 Å². The first-order chi connectivity index (χ1) is 23.3. The third-order valence-corrected chi connectivity index (χ3v) is 10.0. The minimum Gasteiger partial charge on any atom is -0.458 e. The Morgan fingerprint density at radius 2 is 1.02 bits per heavy atom. The number of aromatic nitrogens is 2. The van der Waals surface area contributed by atoms with Crippen LogP contribution in [0.2, 0.25) is 0 Å². The summed E-state index contributed by atoms with van der Waals surface area (Å²) in [5, 5.41) is 4.82. The summed E-state index contributed by atoms with van der Waals surface area (Å²) in [6.45, 7) is -0.0522. The Hall–Kier alpha value is -6.20. The van der Waals surface area contributed by atoms with Crippen molar-refractivity contribution in [2.24, 2.45) is 0 Å². The molecular weight excluding hydrogens is 575 g/mol. The van der Waals surface area contributed by atoms with Gasteiger partial charge < -0.3 is 18.6 Å². The summed E-state index contributed by atoms with van der Waals surface area (Å²) >= 11 is 0. The molecule has 5 heteroatoms. The van der Waals surface area contributed by atoms with Gasteiger partial charge in [-0.1, -0.05) is 97.1 Å². The minimum absolute atomic E-state index is 0.0522. The number of rotatable bonds is 2. The van der Waals surface area contributed by atoms with Crippen LogP contribution in [0.4, 0.5) is 0 Å². The van der Waals surface area contributed by atoms with Crippen molar-refractivity contribution in [3.05, 3.63) is 152 Å². The quantitative estimate of drug-likeness (QED) is 0.186. The lowest BCUT2D eigenvalue weighted by Gasteiger charge is -2.33. The molecule has 0 spiro atoms. The Kier molecular flexibility index (Phi) is 4.89. The normalized spacial score (nSPS) is 13.0. The molecule has 0 N–H and O–H groups in total. The van der Waals surface area contributed by atoms with E-state index in [9.17, 15) is 0 Å². The van der Waals surface area contributed by atoms with Crippen molar-refractivity contribution in [1.82, 2.24) is 9.13 Å². The van der Waals surface area contributed by atoms with Crippen LogP contribution in [0.15, 0.2) is 152 Å². The van der Waals surface area contributed by atoms with Gasteiger partial charge in [-0.15, -0.1) is 0 Å². The predicted octanol–water partition coefficient (Wildman–Crippen LogP) is 8.61. The molecule has 4 heterocycles. The highest BCUT2D eigenvalue weighted by atomic mass is 16.5. The molecule has 9 aromatic rings. The maximum atomic E-state index is 6.96. The van der Waals surface area contributed by atoms with Crippen LogP contribution in [0.1, 0.15) is 0 Å². The highest BCUT2D eigenvalue weighted by Crippen LogP contribution is 2.43. The van der Waals surface area contributed by atoms with Crippen LogP contribution < -0.4 is 25.9 Å². The summed E-state index contributed by atoms with van der Waals surface area (Å²) in [5.74, 6) is 3.46. The summed E-state index contributed by atoms with van der Waals surface area (Å²) in [6.07, 6.45) is 0. The Labute approximate surface area is 270 Å². The van der Waals surface area contributed by atoms with E-state index in [2.05, 4.69) is 155 Å². The second-order valence-corrected chi connectivity index (χ2v) is 12.5. The van der Waals surface area contributed by atoms with E-state index in [1.807, 2.05) is 6.07 Å². The van der Waals surface area contributed by atoms with E-state index >= 15 is 0 Å². The molecular formula is C42H25BN2O2. The van der Waals surface area contributed by atoms with Crippen molar-refractivity contribution in [3.63, 3.8) is 0 Å². The van der Waals surface area contributed by atoms with Crippen molar-refractivity contribution in [2.75, 3.05) is 0 Å². The number of hydrogen-bond donors (Lipinski definition) is 0. The predicted molar refractivity (Wildman–Crippen MR) is 193 cm³/mol. The topological polar surface area (TPSA) is 28.3 Å². The van der Waals surface area contributed by atoms with Crippen LogP contribution in [0.3, 0.4) is 0 Å². The average molecular weight is 600 g/mol. The lowest BCUT2D eigenvalue weighted by atomic mass is 9.34. The lowest BCUT2D eigenvalue weighted by molar-refractivity contribution is 0.466. The van der Waals surface area contributed by atoms with Gasteiger partial charge in [0.25, 0.3) is 6.71 Å². The molecule has 0 atom stereocenters. The van der Waals surface area contributed by atoms with Gasteiger partial charge in [0, 0.05) is 44.4 Å². The smallest absolute Gasteiger partial charge is 0.260 e. The maximum absolute atomic E-state index is 6.96. The van der Waals surface area contributed by atoms with Crippen LogP contribution in [-0.4, -0.2) is 15.8 Å². The zero-order chi connectivity index (χ0) is 30.6.